The highest BCUT2D eigenvalue weighted by Crippen LogP contribution is 2.32. The molecule has 0 fully saturated rings. The van der Waals surface area contributed by atoms with Crippen LogP contribution in [-0.2, 0) is 0 Å². The number of aromatic nitrogens is 2. The number of carbonyl (C=O) groups is 1. The average Bonchev–Trinajstić information content (AvgIpc) is 2.55. The number of methoxy groups -OCH3 is 1. The summed E-state index contributed by atoms with van der Waals surface area (Å²) < 4.78 is 5.23. The van der Waals surface area contributed by atoms with Gasteiger partial charge >= 0.3 is 6.09 Å². The summed E-state index contributed by atoms with van der Waals surface area (Å²) in [5.74, 6) is 0.296. The Balaban J connectivity index is 2.23. The highest BCUT2D eigenvalue weighted by Gasteiger charge is 2.24. The Morgan fingerprint density at radius 1 is 1.00 bits per heavy atom. The number of rotatable bonds is 3. The number of hydrogen-bond donors (Lipinski definition) is 1. The largest absolute Gasteiger partial charge is 0.478 e. The molecule has 110 valence electrons. The second kappa shape index (κ2) is 5.69. The van der Waals surface area contributed by atoms with Crippen molar-refractivity contribution in [2.45, 2.75) is 0 Å². The van der Waals surface area contributed by atoms with Gasteiger partial charge in [-0.05, 0) is 24.3 Å². The molecule has 0 aliphatic rings. The van der Waals surface area contributed by atoms with E-state index in [9.17, 15) is 9.90 Å². The quantitative estimate of drug-likeness (QED) is 0.801. The van der Waals surface area contributed by atoms with Crippen molar-refractivity contribution in [1.29, 1.82) is 0 Å². The van der Waals surface area contributed by atoms with Gasteiger partial charge in [0.05, 0.1) is 23.8 Å². The number of benzene rings is 2. The predicted octanol–water partition coefficient (Wildman–Crippen LogP) is 3.45. The van der Waals surface area contributed by atoms with E-state index in [1.165, 1.54) is 7.11 Å². The van der Waals surface area contributed by atoms with E-state index < -0.39 is 6.09 Å². The summed E-state index contributed by atoms with van der Waals surface area (Å²) in [5, 5.41) is 9.57. The molecule has 0 aliphatic heterocycles. The van der Waals surface area contributed by atoms with Crippen molar-refractivity contribution >= 4 is 28.6 Å². The first-order valence-electron chi connectivity index (χ1n) is 6.59. The van der Waals surface area contributed by atoms with Crippen LogP contribution in [0.15, 0.2) is 54.6 Å². The van der Waals surface area contributed by atoms with Crippen molar-refractivity contribution in [2.24, 2.45) is 0 Å². The monoisotopic (exact) mass is 295 g/mol. The number of nitrogens with zero attached hydrogens (tertiary/aromatic N) is 3. The van der Waals surface area contributed by atoms with Gasteiger partial charge in [-0.2, -0.15) is 0 Å². The van der Waals surface area contributed by atoms with Crippen molar-refractivity contribution in [3.8, 4) is 5.88 Å². The van der Waals surface area contributed by atoms with E-state index in [0.29, 0.717) is 16.7 Å². The number of ether oxygens (including phenoxy) is 1. The van der Waals surface area contributed by atoms with Crippen LogP contribution >= 0.6 is 0 Å². The summed E-state index contributed by atoms with van der Waals surface area (Å²) in [7, 11) is 1.44. The molecule has 1 N–H and O–H groups in total. The van der Waals surface area contributed by atoms with Gasteiger partial charge in [0.25, 0.3) is 5.88 Å². The minimum atomic E-state index is -1.16. The molecular formula is C16H13N3O3. The number of carboxylic acid groups (broad SMARTS) is 1. The van der Waals surface area contributed by atoms with Crippen molar-refractivity contribution in [2.75, 3.05) is 12.0 Å². The minimum absolute atomic E-state index is 0.139. The SMILES string of the molecule is COc1nc2ccccc2nc1N(C(=O)O)c1ccccc1. The lowest BCUT2D eigenvalue weighted by molar-refractivity contribution is 0.204. The number of anilines is 2. The minimum Gasteiger partial charge on any atom is -0.478 e. The van der Waals surface area contributed by atoms with E-state index >= 15 is 0 Å². The van der Waals surface area contributed by atoms with Crippen molar-refractivity contribution in [1.82, 2.24) is 9.97 Å². The van der Waals surface area contributed by atoms with E-state index in [0.717, 1.165) is 4.90 Å². The highest BCUT2D eigenvalue weighted by molar-refractivity contribution is 5.96. The van der Waals surface area contributed by atoms with Gasteiger partial charge in [0, 0.05) is 0 Å². The van der Waals surface area contributed by atoms with Crippen LogP contribution in [0.2, 0.25) is 0 Å². The van der Waals surface area contributed by atoms with Gasteiger partial charge in [-0.3, -0.25) is 0 Å². The smallest absolute Gasteiger partial charge is 0.417 e. The summed E-state index contributed by atoms with van der Waals surface area (Å²) in [6.07, 6.45) is -1.16. The molecule has 22 heavy (non-hydrogen) atoms. The molecule has 0 atom stereocenters. The molecule has 0 unspecified atom stereocenters. The van der Waals surface area contributed by atoms with Gasteiger partial charge in [-0.25, -0.2) is 19.7 Å². The Labute approximate surface area is 126 Å². The van der Waals surface area contributed by atoms with Crippen LogP contribution in [0.4, 0.5) is 16.3 Å². The van der Waals surface area contributed by atoms with E-state index in [1.807, 2.05) is 18.2 Å². The van der Waals surface area contributed by atoms with Crippen molar-refractivity contribution in [3.05, 3.63) is 54.6 Å². The third-order valence-electron chi connectivity index (χ3n) is 3.13. The lowest BCUT2D eigenvalue weighted by Crippen LogP contribution is -2.25. The maximum Gasteiger partial charge on any atom is 0.417 e. The van der Waals surface area contributed by atoms with Gasteiger partial charge in [-0.1, -0.05) is 30.3 Å². The Morgan fingerprint density at radius 2 is 1.59 bits per heavy atom. The lowest BCUT2D eigenvalue weighted by atomic mass is 10.3. The molecule has 6 heteroatoms. The second-order valence-corrected chi connectivity index (χ2v) is 4.50. The summed E-state index contributed by atoms with van der Waals surface area (Å²) in [5.41, 5.74) is 1.71. The molecule has 0 saturated carbocycles. The molecular weight excluding hydrogens is 282 g/mol. The molecule has 0 saturated heterocycles. The molecule has 6 nitrogen and oxygen atoms in total. The van der Waals surface area contributed by atoms with Crippen LogP contribution in [0.5, 0.6) is 5.88 Å². The standard InChI is InChI=1S/C16H13N3O3/c1-22-15-14(17-12-9-5-6-10-13(12)18-15)19(16(20)21)11-7-3-2-4-8-11/h2-10H,1H3,(H,20,21). The van der Waals surface area contributed by atoms with Gasteiger partial charge in [-0.15, -0.1) is 0 Å². The van der Waals surface area contributed by atoms with Crippen molar-refractivity contribution < 1.29 is 14.6 Å². The normalized spacial score (nSPS) is 10.4. The average molecular weight is 295 g/mol. The molecule has 3 aromatic rings. The Hall–Kier alpha value is -3.15. The molecule has 1 heterocycles. The van der Waals surface area contributed by atoms with Crippen LogP contribution in [0, 0.1) is 0 Å². The van der Waals surface area contributed by atoms with Crippen LogP contribution in [0.25, 0.3) is 11.0 Å². The van der Waals surface area contributed by atoms with Crippen LogP contribution in [-0.4, -0.2) is 28.3 Å². The zero-order valence-electron chi connectivity index (χ0n) is 11.8. The molecule has 0 spiro atoms. The summed E-state index contributed by atoms with van der Waals surface area (Å²) in [4.78, 5) is 21.5. The lowest BCUT2D eigenvalue weighted by Gasteiger charge is -2.20. The fourth-order valence-corrected chi connectivity index (χ4v) is 2.16. The maximum atomic E-state index is 11.7. The molecule has 0 aliphatic carbocycles. The zero-order valence-corrected chi connectivity index (χ0v) is 11.8. The third-order valence-corrected chi connectivity index (χ3v) is 3.13. The number of para-hydroxylation sites is 3. The van der Waals surface area contributed by atoms with E-state index in [4.69, 9.17) is 4.74 Å². The molecule has 1 aromatic heterocycles. The second-order valence-electron chi connectivity index (χ2n) is 4.50. The Kier molecular flexibility index (Phi) is 3.57. The number of fused-ring (bicyclic) bond motifs is 1. The Bertz CT molecular complexity index is 821. The van der Waals surface area contributed by atoms with Gasteiger partial charge in [0.15, 0.2) is 0 Å². The molecule has 2 aromatic carbocycles. The third kappa shape index (κ3) is 2.42. The first kappa shape index (κ1) is 13.8. The van der Waals surface area contributed by atoms with Gasteiger partial charge in [0.1, 0.15) is 0 Å². The van der Waals surface area contributed by atoms with Gasteiger partial charge < -0.3 is 9.84 Å². The molecule has 1 amide bonds. The molecule has 3 rings (SSSR count). The number of amides is 1. The van der Waals surface area contributed by atoms with Crippen LogP contribution < -0.4 is 9.64 Å². The van der Waals surface area contributed by atoms with Gasteiger partial charge in [0.2, 0.25) is 5.82 Å². The predicted molar refractivity (Wildman–Crippen MR) is 82.7 cm³/mol. The first-order valence-corrected chi connectivity index (χ1v) is 6.59. The van der Waals surface area contributed by atoms with E-state index in [2.05, 4.69) is 9.97 Å². The summed E-state index contributed by atoms with van der Waals surface area (Å²) >= 11 is 0. The fraction of sp³-hybridized carbons (Fsp3) is 0.0625. The summed E-state index contributed by atoms with van der Waals surface area (Å²) in [6, 6.07) is 15.9. The van der Waals surface area contributed by atoms with Crippen LogP contribution in [0.1, 0.15) is 0 Å². The highest BCUT2D eigenvalue weighted by atomic mass is 16.5. The topological polar surface area (TPSA) is 75.6 Å². The zero-order chi connectivity index (χ0) is 15.5. The first-order chi connectivity index (χ1) is 10.7. The summed E-state index contributed by atoms with van der Waals surface area (Å²) in [6.45, 7) is 0. The molecule has 0 bridgehead atoms. The van der Waals surface area contributed by atoms with E-state index in [1.54, 1.807) is 36.4 Å². The molecule has 0 radical (unpaired) electrons. The van der Waals surface area contributed by atoms with Crippen LogP contribution in [0.3, 0.4) is 0 Å². The van der Waals surface area contributed by atoms with E-state index in [-0.39, 0.29) is 11.7 Å². The van der Waals surface area contributed by atoms with Crippen molar-refractivity contribution in [3.63, 3.8) is 0 Å². The Morgan fingerprint density at radius 3 is 2.18 bits per heavy atom. The maximum absolute atomic E-state index is 11.7. The number of hydrogen-bond acceptors (Lipinski definition) is 4. The fourth-order valence-electron chi connectivity index (χ4n) is 2.16.